The van der Waals surface area contributed by atoms with Crippen LogP contribution >= 0.6 is 11.8 Å². The van der Waals surface area contributed by atoms with E-state index in [0.29, 0.717) is 6.42 Å². The lowest BCUT2D eigenvalue weighted by Crippen LogP contribution is -2.08. The van der Waals surface area contributed by atoms with Crippen molar-refractivity contribution in [2.24, 2.45) is 0 Å². The molecule has 0 saturated carbocycles. The summed E-state index contributed by atoms with van der Waals surface area (Å²) in [7, 11) is 1.41. The maximum atomic E-state index is 11.1. The fourth-order valence-corrected chi connectivity index (χ4v) is 2.39. The van der Waals surface area contributed by atoms with E-state index in [0.717, 1.165) is 16.1 Å². The van der Waals surface area contributed by atoms with Crippen molar-refractivity contribution in [3.8, 4) is 0 Å². The van der Waals surface area contributed by atoms with Crippen molar-refractivity contribution in [2.75, 3.05) is 12.8 Å². The number of methoxy groups -OCH3 is 1. The number of carbonyl (C=O) groups is 1. The summed E-state index contributed by atoms with van der Waals surface area (Å²) in [4.78, 5) is 12.2. The van der Waals surface area contributed by atoms with E-state index in [9.17, 15) is 4.79 Å². The summed E-state index contributed by atoms with van der Waals surface area (Å²) >= 11 is 1.65. The van der Waals surface area contributed by atoms with Gasteiger partial charge < -0.3 is 10.5 Å². The van der Waals surface area contributed by atoms with Crippen molar-refractivity contribution in [3.63, 3.8) is 0 Å². The maximum Gasteiger partial charge on any atom is 0.306 e. The average Bonchev–Trinajstić information content (AvgIpc) is 2.23. The molecule has 0 aliphatic carbocycles. The van der Waals surface area contributed by atoms with Crippen LogP contribution in [0.15, 0.2) is 23.1 Å². The number of hydrogen-bond acceptors (Lipinski definition) is 4. The predicted octanol–water partition coefficient (Wildman–Crippen LogP) is 2.62. The third-order valence-electron chi connectivity index (χ3n) is 2.26. The van der Waals surface area contributed by atoms with Crippen LogP contribution in [-0.4, -0.2) is 18.3 Å². The highest BCUT2D eigenvalue weighted by Crippen LogP contribution is 2.27. The molecule has 1 atom stereocenters. The number of rotatable bonds is 4. The largest absolute Gasteiger partial charge is 0.469 e. The first-order chi connectivity index (χ1) is 7.52. The number of ether oxygens (including phenoxy) is 1. The highest BCUT2D eigenvalue weighted by molar-refractivity contribution is 8.00. The fraction of sp³-hybridized carbons (Fsp3) is 0.417. The van der Waals surface area contributed by atoms with E-state index < -0.39 is 0 Å². The smallest absolute Gasteiger partial charge is 0.306 e. The number of hydrogen-bond donors (Lipinski definition) is 1. The normalized spacial score (nSPS) is 12.2. The van der Waals surface area contributed by atoms with E-state index in [1.54, 1.807) is 11.8 Å². The number of anilines is 1. The molecule has 3 nitrogen and oxygen atoms in total. The molecule has 1 aromatic carbocycles. The Balaban J connectivity index is 2.59. The lowest BCUT2D eigenvalue weighted by molar-refractivity contribution is -0.140. The summed E-state index contributed by atoms with van der Waals surface area (Å²) in [6.45, 7) is 3.98. The van der Waals surface area contributed by atoms with Crippen molar-refractivity contribution in [2.45, 2.75) is 30.4 Å². The van der Waals surface area contributed by atoms with E-state index >= 15 is 0 Å². The summed E-state index contributed by atoms with van der Waals surface area (Å²) in [5, 5.41) is 0.204. The Kier molecular flexibility index (Phi) is 4.68. The van der Waals surface area contributed by atoms with Gasteiger partial charge in [0.1, 0.15) is 0 Å². The molecule has 2 N–H and O–H groups in total. The molecule has 0 heterocycles. The lowest BCUT2D eigenvalue weighted by atomic mass is 10.2. The van der Waals surface area contributed by atoms with Crippen molar-refractivity contribution < 1.29 is 9.53 Å². The molecule has 0 aliphatic heterocycles. The Morgan fingerprint density at radius 1 is 1.56 bits per heavy atom. The lowest BCUT2D eigenvalue weighted by Gasteiger charge is -2.10. The van der Waals surface area contributed by atoms with Gasteiger partial charge in [0, 0.05) is 15.8 Å². The standard InChI is InChI=1S/C12H17NO2S/c1-8-6-10(4-5-11(8)13)16-9(2)7-12(14)15-3/h4-6,9H,7,13H2,1-3H3. The molecule has 1 rings (SSSR count). The number of benzene rings is 1. The zero-order chi connectivity index (χ0) is 12.1. The minimum atomic E-state index is -0.174. The third-order valence-corrected chi connectivity index (χ3v) is 3.36. The molecular weight excluding hydrogens is 222 g/mol. The minimum Gasteiger partial charge on any atom is -0.469 e. The molecule has 1 aromatic rings. The molecule has 0 saturated heterocycles. The van der Waals surface area contributed by atoms with Crippen LogP contribution in [-0.2, 0) is 9.53 Å². The van der Waals surface area contributed by atoms with Crippen LogP contribution in [0.4, 0.5) is 5.69 Å². The number of thioether (sulfide) groups is 1. The van der Waals surface area contributed by atoms with Crippen LogP contribution in [0.2, 0.25) is 0 Å². The molecule has 88 valence electrons. The molecule has 0 aromatic heterocycles. The minimum absolute atomic E-state index is 0.174. The highest BCUT2D eigenvalue weighted by Gasteiger charge is 2.10. The van der Waals surface area contributed by atoms with Gasteiger partial charge in [-0.1, -0.05) is 6.92 Å². The zero-order valence-corrected chi connectivity index (χ0v) is 10.6. The second kappa shape index (κ2) is 5.80. The molecule has 0 aliphatic rings. The van der Waals surface area contributed by atoms with E-state index in [-0.39, 0.29) is 11.2 Å². The highest BCUT2D eigenvalue weighted by atomic mass is 32.2. The SMILES string of the molecule is COC(=O)CC(C)Sc1ccc(N)c(C)c1. The quantitative estimate of drug-likeness (QED) is 0.498. The van der Waals surface area contributed by atoms with Gasteiger partial charge >= 0.3 is 5.97 Å². The van der Waals surface area contributed by atoms with Crippen LogP contribution in [0.25, 0.3) is 0 Å². The first-order valence-corrected chi connectivity index (χ1v) is 6.00. The Morgan fingerprint density at radius 3 is 2.81 bits per heavy atom. The Labute approximate surface area is 100 Å². The molecule has 0 spiro atoms. The Morgan fingerprint density at radius 2 is 2.25 bits per heavy atom. The second-order valence-corrected chi connectivity index (χ2v) is 5.24. The topological polar surface area (TPSA) is 52.3 Å². The maximum absolute atomic E-state index is 11.1. The summed E-state index contributed by atoms with van der Waals surface area (Å²) in [6, 6.07) is 5.90. The molecule has 1 unspecified atom stereocenters. The van der Waals surface area contributed by atoms with E-state index in [2.05, 4.69) is 4.74 Å². The van der Waals surface area contributed by atoms with Crippen LogP contribution in [0, 0.1) is 6.92 Å². The number of carbonyl (C=O) groups excluding carboxylic acids is 1. The van der Waals surface area contributed by atoms with Gasteiger partial charge in [-0.2, -0.15) is 0 Å². The van der Waals surface area contributed by atoms with E-state index in [1.807, 2.05) is 32.0 Å². The Bertz CT molecular complexity index is 379. The van der Waals surface area contributed by atoms with Crippen LogP contribution in [0.1, 0.15) is 18.9 Å². The molecule has 4 heteroatoms. The number of aryl methyl sites for hydroxylation is 1. The molecule has 16 heavy (non-hydrogen) atoms. The first kappa shape index (κ1) is 12.9. The van der Waals surface area contributed by atoms with Gasteiger partial charge in [-0.25, -0.2) is 0 Å². The van der Waals surface area contributed by atoms with Gasteiger partial charge in [0.05, 0.1) is 13.5 Å². The average molecular weight is 239 g/mol. The van der Waals surface area contributed by atoms with Crippen LogP contribution in [0.3, 0.4) is 0 Å². The van der Waals surface area contributed by atoms with E-state index in [1.165, 1.54) is 7.11 Å². The summed E-state index contributed by atoms with van der Waals surface area (Å²) in [6.07, 6.45) is 0.421. The van der Waals surface area contributed by atoms with Gasteiger partial charge in [-0.05, 0) is 30.7 Å². The van der Waals surface area contributed by atoms with Gasteiger partial charge in [-0.3, -0.25) is 4.79 Å². The molecule has 0 amide bonds. The number of nitrogen functional groups attached to an aromatic ring is 1. The summed E-state index contributed by atoms with van der Waals surface area (Å²) < 4.78 is 4.63. The fourth-order valence-electron chi connectivity index (χ4n) is 1.31. The second-order valence-electron chi connectivity index (χ2n) is 3.73. The monoisotopic (exact) mass is 239 g/mol. The number of nitrogens with two attached hydrogens (primary N) is 1. The summed E-state index contributed by atoms with van der Waals surface area (Å²) in [5.74, 6) is -0.174. The zero-order valence-electron chi connectivity index (χ0n) is 9.82. The van der Waals surface area contributed by atoms with Gasteiger partial charge in [0.2, 0.25) is 0 Å². The van der Waals surface area contributed by atoms with Crippen LogP contribution in [0.5, 0.6) is 0 Å². The Hall–Kier alpha value is -1.16. The van der Waals surface area contributed by atoms with Crippen molar-refractivity contribution in [1.29, 1.82) is 0 Å². The molecule has 0 fully saturated rings. The molecular formula is C12H17NO2S. The third kappa shape index (κ3) is 3.77. The molecule has 0 radical (unpaired) electrons. The van der Waals surface area contributed by atoms with Crippen LogP contribution < -0.4 is 5.73 Å². The van der Waals surface area contributed by atoms with E-state index in [4.69, 9.17) is 5.73 Å². The molecule has 0 bridgehead atoms. The predicted molar refractivity (Wildman–Crippen MR) is 67.5 cm³/mol. The van der Waals surface area contributed by atoms with Gasteiger partial charge in [0.15, 0.2) is 0 Å². The summed E-state index contributed by atoms with van der Waals surface area (Å²) in [5.41, 5.74) is 7.60. The van der Waals surface area contributed by atoms with Crippen molar-refractivity contribution in [1.82, 2.24) is 0 Å². The van der Waals surface area contributed by atoms with Crippen molar-refractivity contribution >= 4 is 23.4 Å². The van der Waals surface area contributed by atoms with Gasteiger partial charge in [-0.15, -0.1) is 11.8 Å². The van der Waals surface area contributed by atoms with Crippen molar-refractivity contribution in [3.05, 3.63) is 23.8 Å². The first-order valence-electron chi connectivity index (χ1n) is 5.12. The van der Waals surface area contributed by atoms with Gasteiger partial charge in [0.25, 0.3) is 0 Å². The number of esters is 1.